The van der Waals surface area contributed by atoms with Gasteiger partial charge < -0.3 is 10.4 Å². The fourth-order valence-corrected chi connectivity index (χ4v) is 0.804. The van der Waals surface area contributed by atoms with Crippen LogP contribution in [0.5, 0.6) is 0 Å². The van der Waals surface area contributed by atoms with Gasteiger partial charge in [0.25, 0.3) is 0 Å². The zero-order valence-corrected chi connectivity index (χ0v) is 7.76. The lowest BCUT2D eigenvalue weighted by molar-refractivity contribution is -0.132. The van der Waals surface area contributed by atoms with E-state index in [0.717, 1.165) is 19.4 Å². The summed E-state index contributed by atoms with van der Waals surface area (Å²) in [5, 5.41) is 11.7. The number of hydrogen-bond acceptors (Lipinski definition) is 2. The number of unbranched alkanes of at least 4 members (excludes halogenated alkanes) is 1. The number of nitrogens with one attached hydrogen (secondary N) is 1. The third-order valence-electron chi connectivity index (χ3n) is 1.78. The Bertz CT molecular complexity index is 166. The van der Waals surface area contributed by atoms with Crippen molar-refractivity contribution < 1.29 is 9.90 Å². The molecule has 0 radical (unpaired) electrons. The van der Waals surface area contributed by atoms with Gasteiger partial charge in [-0.2, -0.15) is 0 Å². The predicted octanol–water partition coefficient (Wildman–Crippen LogP) is 1.41. The fraction of sp³-hybridized carbons (Fsp3) is 0.667. The van der Waals surface area contributed by atoms with Crippen molar-refractivity contribution in [2.75, 3.05) is 6.54 Å². The molecule has 0 aromatic rings. The maximum absolute atomic E-state index is 10.4. The van der Waals surface area contributed by atoms with Gasteiger partial charge in [-0.3, -0.25) is 0 Å². The second-order valence-corrected chi connectivity index (χ2v) is 2.86. The molecule has 0 rings (SSSR count). The Labute approximate surface area is 73.5 Å². The molecule has 0 aromatic heterocycles. The molecule has 0 bridgehead atoms. The highest BCUT2D eigenvalue weighted by Crippen LogP contribution is 1.98. The molecule has 1 unspecified atom stereocenters. The van der Waals surface area contributed by atoms with Crippen LogP contribution in [0, 0.1) is 0 Å². The largest absolute Gasteiger partial charge is 0.478 e. The van der Waals surface area contributed by atoms with E-state index in [1.165, 1.54) is 0 Å². The molecule has 3 heteroatoms. The molecule has 0 aliphatic rings. The first-order chi connectivity index (χ1) is 5.59. The Kier molecular flexibility index (Phi) is 5.37. The van der Waals surface area contributed by atoms with Gasteiger partial charge in [0.2, 0.25) is 0 Å². The first kappa shape index (κ1) is 11.2. The topological polar surface area (TPSA) is 49.3 Å². The molecular formula is C9H17NO2. The van der Waals surface area contributed by atoms with Crippen LogP contribution in [-0.2, 0) is 4.79 Å². The summed E-state index contributed by atoms with van der Waals surface area (Å²) in [5.41, 5.74) is 0.228. The van der Waals surface area contributed by atoms with E-state index in [4.69, 9.17) is 5.11 Å². The lowest BCUT2D eigenvalue weighted by Gasteiger charge is -2.12. The number of rotatable bonds is 6. The maximum Gasteiger partial charge on any atom is 0.332 e. The van der Waals surface area contributed by atoms with Gasteiger partial charge in [-0.15, -0.1) is 0 Å². The Morgan fingerprint density at radius 3 is 2.67 bits per heavy atom. The summed E-state index contributed by atoms with van der Waals surface area (Å²) in [4.78, 5) is 10.4. The minimum atomic E-state index is -0.925. The molecule has 3 nitrogen and oxygen atoms in total. The number of aliphatic carboxylic acids is 1. The smallest absolute Gasteiger partial charge is 0.332 e. The van der Waals surface area contributed by atoms with E-state index in [1.807, 2.05) is 6.92 Å². The van der Waals surface area contributed by atoms with Crippen molar-refractivity contribution in [2.45, 2.75) is 32.7 Å². The van der Waals surface area contributed by atoms with Gasteiger partial charge in [0, 0.05) is 11.6 Å². The van der Waals surface area contributed by atoms with E-state index in [1.54, 1.807) is 0 Å². The minimum Gasteiger partial charge on any atom is -0.478 e. The molecule has 2 N–H and O–H groups in total. The highest BCUT2D eigenvalue weighted by molar-refractivity contribution is 5.87. The quantitative estimate of drug-likeness (QED) is 0.469. The summed E-state index contributed by atoms with van der Waals surface area (Å²) >= 11 is 0. The van der Waals surface area contributed by atoms with E-state index >= 15 is 0 Å². The third-order valence-corrected chi connectivity index (χ3v) is 1.78. The zero-order valence-electron chi connectivity index (χ0n) is 7.76. The summed E-state index contributed by atoms with van der Waals surface area (Å²) in [6.07, 6.45) is 2.18. The van der Waals surface area contributed by atoms with Gasteiger partial charge in [-0.05, 0) is 19.9 Å². The Morgan fingerprint density at radius 1 is 1.67 bits per heavy atom. The lowest BCUT2D eigenvalue weighted by atomic mass is 10.1. The van der Waals surface area contributed by atoms with Crippen LogP contribution >= 0.6 is 0 Å². The molecule has 0 saturated heterocycles. The van der Waals surface area contributed by atoms with E-state index in [0.29, 0.717) is 0 Å². The number of carboxylic acids is 1. The van der Waals surface area contributed by atoms with Crippen molar-refractivity contribution >= 4 is 5.97 Å². The van der Waals surface area contributed by atoms with Gasteiger partial charge in [0.15, 0.2) is 0 Å². The second kappa shape index (κ2) is 5.77. The normalized spacial score (nSPS) is 12.5. The molecule has 0 fully saturated rings. The summed E-state index contributed by atoms with van der Waals surface area (Å²) in [5.74, 6) is -0.925. The van der Waals surface area contributed by atoms with Crippen LogP contribution in [-0.4, -0.2) is 23.7 Å². The number of hydrogen-bond donors (Lipinski definition) is 2. The highest BCUT2D eigenvalue weighted by Gasteiger charge is 2.11. The standard InChI is InChI=1S/C9H17NO2/c1-4-5-6-10-8(3)7(2)9(11)12/h8,10H,2,4-6H2,1,3H3,(H,11,12). The molecule has 0 aromatic carbocycles. The highest BCUT2D eigenvalue weighted by atomic mass is 16.4. The van der Waals surface area contributed by atoms with Crippen molar-refractivity contribution in [1.29, 1.82) is 0 Å². The average Bonchev–Trinajstić information content (AvgIpc) is 2.03. The van der Waals surface area contributed by atoms with E-state index < -0.39 is 5.97 Å². The molecule has 0 amide bonds. The van der Waals surface area contributed by atoms with Crippen LogP contribution in [0.25, 0.3) is 0 Å². The Balaban J connectivity index is 3.64. The summed E-state index contributed by atoms with van der Waals surface area (Å²) in [6.45, 7) is 8.23. The molecule has 70 valence electrons. The van der Waals surface area contributed by atoms with Crippen molar-refractivity contribution in [3.63, 3.8) is 0 Å². The molecule has 0 saturated carbocycles. The minimum absolute atomic E-state index is 0.131. The first-order valence-electron chi connectivity index (χ1n) is 4.25. The second-order valence-electron chi connectivity index (χ2n) is 2.86. The zero-order chi connectivity index (χ0) is 9.56. The van der Waals surface area contributed by atoms with Crippen molar-refractivity contribution in [2.24, 2.45) is 0 Å². The Hall–Kier alpha value is -0.830. The fourth-order valence-electron chi connectivity index (χ4n) is 0.804. The molecule has 1 atom stereocenters. The van der Waals surface area contributed by atoms with Crippen LogP contribution in [0.15, 0.2) is 12.2 Å². The summed E-state index contributed by atoms with van der Waals surface area (Å²) in [7, 11) is 0. The van der Waals surface area contributed by atoms with Gasteiger partial charge in [0.1, 0.15) is 0 Å². The van der Waals surface area contributed by atoms with Crippen molar-refractivity contribution in [3.8, 4) is 0 Å². The average molecular weight is 171 g/mol. The van der Waals surface area contributed by atoms with E-state index in [9.17, 15) is 4.79 Å². The molecule has 0 heterocycles. The monoisotopic (exact) mass is 171 g/mol. The Morgan fingerprint density at radius 2 is 2.25 bits per heavy atom. The first-order valence-corrected chi connectivity index (χ1v) is 4.25. The van der Waals surface area contributed by atoms with Gasteiger partial charge in [0.05, 0.1) is 0 Å². The SMILES string of the molecule is C=C(C(=O)O)C(C)NCCCC. The van der Waals surface area contributed by atoms with Gasteiger partial charge in [-0.1, -0.05) is 19.9 Å². The molecule has 12 heavy (non-hydrogen) atoms. The van der Waals surface area contributed by atoms with Gasteiger partial charge in [-0.25, -0.2) is 4.79 Å². The van der Waals surface area contributed by atoms with Crippen LogP contribution < -0.4 is 5.32 Å². The van der Waals surface area contributed by atoms with E-state index in [-0.39, 0.29) is 11.6 Å². The van der Waals surface area contributed by atoms with Gasteiger partial charge >= 0.3 is 5.97 Å². The predicted molar refractivity (Wildman–Crippen MR) is 49.1 cm³/mol. The summed E-state index contributed by atoms with van der Waals surface area (Å²) in [6, 6.07) is -0.131. The van der Waals surface area contributed by atoms with Crippen LogP contribution in [0.2, 0.25) is 0 Å². The maximum atomic E-state index is 10.4. The molecule has 0 spiro atoms. The van der Waals surface area contributed by atoms with Crippen LogP contribution in [0.4, 0.5) is 0 Å². The van der Waals surface area contributed by atoms with Crippen LogP contribution in [0.1, 0.15) is 26.7 Å². The number of carboxylic acid groups (broad SMARTS) is 1. The molecular weight excluding hydrogens is 154 g/mol. The molecule has 0 aliphatic carbocycles. The summed E-state index contributed by atoms with van der Waals surface area (Å²) < 4.78 is 0. The van der Waals surface area contributed by atoms with Crippen LogP contribution in [0.3, 0.4) is 0 Å². The molecule has 0 aliphatic heterocycles. The van der Waals surface area contributed by atoms with E-state index in [2.05, 4.69) is 18.8 Å². The van der Waals surface area contributed by atoms with Crippen molar-refractivity contribution in [3.05, 3.63) is 12.2 Å². The van der Waals surface area contributed by atoms with Crippen molar-refractivity contribution in [1.82, 2.24) is 5.32 Å². The third kappa shape index (κ3) is 4.13. The lowest BCUT2D eigenvalue weighted by Crippen LogP contribution is -2.31. The number of carbonyl (C=O) groups is 1.